The molecule has 1 aromatic rings. The fourth-order valence-electron chi connectivity index (χ4n) is 4.67. The smallest absolute Gasteiger partial charge is 0.247 e. The number of sulfonamides is 1. The minimum Gasteiger partial charge on any atom is -0.507 e. The van der Waals surface area contributed by atoms with Crippen LogP contribution in [-0.2, 0) is 16.4 Å². The Morgan fingerprint density at radius 3 is 2.39 bits per heavy atom. The lowest BCUT2D eigenvalue weighted by Crippen LogP contribution is -2.31. The van der Waals surface area contributed by atoms with Crippen molar-refractivity contribution >= 4 is 10.0 Å². The van der Waals surface area contributed by atoms with Gasteiger partial charge < -0.3 is 10.2 Å². The second kappa shape index (κ2) is 10.7. The lowest BCUT2D eigenvalue weighted by Gasteiger charge is -2.32. The maximum absolute atomic E-state index is 13.5. The van der Waals surface area contributed by atoms with E-state index in [1.807, 2.05) is 19.9 Å². The molecule has 2 unspecified atom stereocenters. The van der Waals surface area contributed by atoms with E-state index in [2.05, 4.69) is 13.5 Å². The Morgan fingerprint density at radius 1 is 1.19 bits per heavy atom. The van der Waals surface area contributed by atoms with E-state index in [0.29, 0.717) is 30.6 Å². The molecule has 0 saturated carbocycles. The number of hydrogen-bond donors (Lipinski definition) is 2. The van der Waals surface area contributed by atoms with Crippen molar-refractivity contribution in [1.29, 1.82) is 0 Å². The van der Waals surface area contributed by atoms with Crippen LogP contribution in [0, 0.1) is 5.92 Å². The summed E-state index contributed by atoms with van der Waals surface area (Å²) in [7, 11) is -3.90. The number of hydrogen-bond acceptors (Lipinski definition) is 4. The molecule has 1 aliphatic carbocycles. The van der Waals surface area contributed by atoms with Crippen LogP contribution in [0.1, 0.15) is 83.8 Å². The summed E-state index contributed by atoms with van der Waals surface area (Å²) < 4.78 is 28.5. The summed E-state index contributed by atoms with van der Waals surface area (Å²) in [4.78, 5) is -0.0443. The summed E-state index contributed by atoms with van der Waals surface area (Å²) in [6.45, 7) is 14.4. The predicted octanol–water partition coefficient (Wildman–Crippen LogP) is 5.88. The van der Waals surface area contributed by atoms with Crippen molar-refractivity contribution < 1.29 is 18.6 Å². The molecule has 6 heteroatoms. The first-order valence-corrected chi connectivity index (χ1v) is 12.9. The number of aromatic hydroxyl groups is 2. The Bertz CT molecular complexity index is 929. The van der Waals surface area contributed by atoms with E-state index < -0.39 is 10.0 Å². The maximum Gasteiger partial charge on any atom is 0.247 e. The number of aryl methyl sites for hydroxylation is 1. The van der Waals surface area contributed by atoms with Crippen molar-refractivity contribution in [3.05, 3.63) is 41.0 Å². The standard InChI is InChI=1S/C25H39NO4S/c1-7-10-11-12-19-16-22(27)23(21-15-18(6)13-14-20(21)17(4)5)24(28)25(19)31(29,30)26(8-2)9-3/h15-16,20-21,27-28H,4,7-14H2,1-3,5-6H3. The molecular formula is C25H39NO4S. The molecule has 174 valence electrons. The fourth-order valence-corrected chi connectivity index (χ4v) is 6.46. The van der Waals surface area contributed by atoms with Crippen LogP contribution in [0.15, 0.2) is 34.8 Å². The Hall–Kier alpha value is -1.79. The van der Waals surface area contributed by atoms with Crippen molar-refractivity contribution in [2.45, 2.75) is 84.0 Å². The van der Waals surface area contributed by atoms with E-state index in [0.717, 1.165) is 37.7 Å². The lowest BCUT2D eigenvalue weighted by molar-refractivity contribution is 0.392. The summed E-state index contributed by atoms with van der Waals surface area (Å²) in [6.07, 6.45) is 7.08. The Balaban J connectivity index is 2.77. The Kier molecular flexibility index (Phi) is 8.78. The molecule has 0 amide bonds. The largest absolute Gasteiger partial charge is 0.507 e. The molecule has 0 saturated heterocycles. The normalized spacial score (nSPS) is 19.5. The molecule has 0 radical (unpaired) electrons. The van der Waals surface area contributed by atoms with Crippen LogP contribution < -0.4 is 0 Å². The average Bonchev–Trinajstić information content (AvgIpc) is 2.68. The van der Waals surface area contributed by atoms with E-state index >= 15 is 0 Å². The van der Waals surface area contributed by atoms with Crippen molar-refractivity contribution in [2.75, 3.05) is 13.1 Å². The monoisotopic (exact) mass is 449 g/mol. The van der Waals surface area contributed by atoms with Crippen molar-refractivity contribution in [1.82, 2.24) is 4.31 Å². The third-order valence-corrected chi connectivity index (χ3v) is 8.58. The molecule has 2 N–H and O–H groups in total. The van der Waals surface area contributed by atoms with Crippen LogP contribution in [0.4, 0.5) is 0 Å². The van der Waals surface area contributed by atoms with Gasteiger partial charge in [0, 0.05) is 24.6 Å². The van der Waals surface area contributed by atoms with E-state index in [4.69, 9.17) is 0 Å². The zero-order valence-electron chi connectivity index (χ0n) is 19.7. The first-order chi connectivity index (χ1) is 14.6. The minimum absolute atomic E-state index is 0.0373. The van der Waals surface area contributed by atoms with Gasteiger partial charge >= 0.3 is 0 Å². The zero-order valence-corrected chi connectivity index (χ0v) is 20.6. The van der Waals surface area contributed by atoms with Gasteiger partial charge in [0.1, 0.15) is 16.4 Å². The number of nitrogens with zero attached hydrogens (tertiary/aromatic N) is 1. The first-order valence-electron chi connectivity index (χ1n) is 11.5. The van der Waals surface area contributed by atoms with Gasteiger partial charge in [-0.1, -0.05) is 57.4 Å². The number of phenolic OH excluding ortho intramolecular Hbond substituents is 2. The summed E-state index contributed by atoms with van der Waals surface area (Å²) in [5, 5.41) is 22.4. The molecule has 0 fully saturated rings. The van der Waals surface area contributed by atoms with Gasteiger partial charge in [-0.25, -0.2) is 8.42 Å². The maximum atomic E-state index is 13.5. The molecule has 0 heterocycles. The summed E-state index contributed by atoms with van der Waals surface area (Å²) in [5.74, 6) is -0.609. The molecule has 31 heavy (non-hydrogen) atoms. The molecule has 1 aromatic carbocycles. The molecule has 2 atom stereocenters. The van der Waals surface area contributed by atoms with Crippen LogP contribution >= 0.6 is 0 Å². The van der Waals surface area contributed by atoms with Gasteiger partial charge in [0.15, 0.2) is 0 Å². The molecule has 2 rings (SSSR count). The molecule has 0 spiro atoms. The van der Waals surface area contributed by atoms with Gasteiger partial charge in [0.05, 0.1) is 0 Å². The van der Waals surface area contributed by atoms with Gasteiger partial charge in [-0.3, -0.25) is 0 Å². The third kappa shape index (κ3) is 5.35. The molecule has 5 nitrogen and oxygen atoms in total. The average molecular weight is 450 g/mol. The summed E-state index contributed by atoms with van der Waals surface area (Å²) in [6, 6.07) is 1.56. The topological polar surface area (TPSA) is 77.8 Å². The lowest BCUT2D eigenvalue weighted by atomic mass is 9.73. The Labute approximate surface area is 188 Å². The van der Waals surface area contributed by atoms with Crippen molar-refractivity contribution in [3.8, 4) is 11.5 Å². The summed E-state index contributed by atoms with van der Waals surface area (Å²) in [5.41, 5.74) is 2.92. The molecular weight excluding hydrogens is 410 g/mol. The van der Waals surface area contributed by atoms with Crippen LogP contribution in [-0.4, -0.2) is 36.0 Å². The van der Waals surface area contributed by atoms with Crippen LogP contribution in [0.3, 0.4) is 0 Å². The quantitative estimate of drug-likeness (QED) is 0.345. The number of unbranched alkanes of at least 4 members (excludes halogenated alkanes) is 2. The van der Waals surface area contributed by atoms with Crippen LogP contribution in [0.5, 0.6) is 11.5 Å². The zero-order chi connectivity index (χ0) is 23.3. The highest BCUT2D eigenvalue weighted by Crippen LogP contribution is 2.49. The number of rotatable bonds is 10. The number of allylic oxidation sites excluding steroid dienone is 3. The van der Waals surface area contributed by atoms with Gasteiger partial charge in [-0.15, -0.1) is 0 Å². The van der Waals surface area contributed by atoms with Gasteiger partial charge in [0.25, 0.3) is 0 Å². The molecule has 0 aromatic heterocycles. The SMILES string of the molecule is C=C(C)C1CCC(C)=CC1c1c(O)cc(CCCCC)c(S(=O)(=O)N(CC)CC)c1O. The highest BCUT2D eigenvalue weighted by atomic mass is 32.2. The number of benzene rings is 1. The van der Waals surface area contributed by atoms with Gasteiger partial charge in [-0.05, 0) is 57.1 Å². The Morgan fingerprint density at radius 2 is 1.84 bits per heavy atom. The van der Waals surface area contributed by atoms with Crippen LogP contribution in [0.25, 0.3) is 0 Å². The van der Waals surface area contributed by atoms with E-state index in [9.17, 15) is 18.6 Å². The highest BCUT2D eigenvalue weighted by Gasteiger charge is 2.36. The number of phenols is 2. The van der Waals surface area contributed by atoms with Crippen molar-refractivity contribution in [3.63, 3.8) is 0 Å². The fraction of sp³-hybridized carbons (Fsp3) is 0.600. The minimum atomic E-state index is -3.90. The van der Waals surface area contributed by atoms with Gasteiger partial charge in [0.2, 0.25) is 10.0 Å². The highest BCUT2D eigenvalue weighted by molar-refractivity contribution is 7.89. The molecule has 0 bridgehead atoms. The third-order valence-electron chi connectivity index (χ3n) is 6.42. The van der Waals surface area contributed by atoms with E-state index in [1.165, 1.54) is 9.88 Å². The second-order valence-corrected chi connectivity index (χ2v) is 10.6. The molecule has 1 aliphatic rings. The van der Waals surface area contributed by atoms with E-state index in [-0.39, 0.29) is 28.2 Å². The van der Waals surface area contributed by atoms with Gasteiger partial charge in [-0.2, -0.15) is 4.31 Å². The van der Waals surface area contributed by atoms with Crippen LogP contribution in [0.2, 0.25) is 0 Å². The summed E-state index contributed by atoms with van der Waals surface area (Å²) >= 11 is 0. The first kappa shape index (κ1) is 25.5. The second-order valence-electron chi connectivity index (χ2n) is 8.72. The molecule has 0 aliphatic heterocycles. The van der Waals surface area contributed by atoms with Crippen molar-refractivity contribution in [2.24, 2.45) is 5.92 Å². The predicted molar refractivity (Wildman–Crippen MR) is 127 cm³/mol. The van der Waals surface area contributed by atoms with E-state index in [1.54, 1.807) is 19.9 Å².